The molecule has 0 radical (unpaired) electrons. The van der Waals surface area contributed by atoms with Crippen LogP contribution < -0.4 is 5.73 Å². The van der Waals surface area contributed by atoms with Gasteiger partial charge in [0.05, 0.1) is 5.69 Å². The fourth-order valence-electron chi connectivity index (χ4n) is 1.53. The molecule has 0 aliphatic heterocycles. The van der Waals surface area contributed by atoms with Crippen molar-refractivity contribution in [2.24, 2.45) is 5.73 Å². The summed E-state index contributed by atoms with van der Waals surface area (Å²) in [6.07, 6.45) is 3.15. The van der Waals surface area contributed by atoms with Crippen LogP contribution in [0.25, 0.3) is 0 Å². The van der Waals surface area contributed by atoms with Gasteiger partial charge in [0.1, 0.15) is 5.01 Å². The third kappa shape index (κ3) is 4.73. The predicted molar refractivity (Wildman–Crippen MR) is 66.1 cm³/mol. The molecule has 0 spiro atoms. The first kappa shape index (κ1) is 12.6. The number of aromatic nitrogens is 1. The van der Waals surface area contributed by atoms with Crippen LogP contribution in [0.3, 0.4) is 0 Å². The molecular formula is C11H21N3S. The molecule has 3 nitrogen and oxygen atoms in total. The Labute approximate surface area is 96.3 Å². The fourth-order valence-corrected chi connectivity index (χ4v) is 2.45. The van der Waals surface area contributed by atoms with Gasteiger partial charge in [0.15, 0.2) is 0 Å². The van der Waals surface area contributed by atoms with Crippen molar-refractivity contribution in [3.8, 4) is 0 Å². The van der Waals surface area contributed by atoms with E-state index < -0.39 is 0 Å². The van der Waals surface area contributed by atoms with Crippen LogP contribution >= 0.6 is 11.3 Å². The van der Waals surface area contributed by atoms with E-state index in [0.717, 1.165) is 31.5 Å². The summed E-state index contributed by atoms with van der Waals surface area (Å²) >= 11 is 1.73. The van der Waals surface area contributed by atoms with Crippen molar-refractivity contribution in [1.82, 2.24) is 9.88 Å². The molecule has 1 rings (SSSR count). The molecule has 0 saturated heterocycles. The summed E-state index contributed by atoms with van der Waals surface area (Å²) in [5.41, 5.74) is 7.13. The molecule has 1 atom stereocenters. The van der Waals surface area contributed by atoms with Gasteiger partial charge in [-0.25, -0.2) is 4.98 Å². The Morgan fingerprint density at radius 1 is 1.53 bits per heavy atom. The molecule has 0 aromatic carbocycles. The van der Waals surface area contributed by atoms with Crippen LogP contribution in [-0.4, -0.2) is 30.0 Å². The van der Waals surface area contributed by atoms with Gasteiger partial charge in [-0.15, -0.1) is 11.3 Å². The van der Waals surface area contributed by atoms with Gasteiger partial charge < -0.3 is 10.6 Å². The molecule has 1 unspecified atom stereocenters. The Hall–Kier alpha value is -0.450. The highest BCUT2D eigenvalue weighted by atomic mass is 32.1. The molecule has 0 saturated carbocycles. The lowest BCUT2D eigenvalue weighted by molar-refractivity contribution is 0.401. The minimum Gasteiger partial charge on any atom is -0.327 e. The average Bonchev–Trinajstić information content (AvgIpc) is 2.51. The lowest BCUT2D eigenvalue weighted by atomic mass is 10.1. The smallest absolute Gasteiger partial charge is 0.107 e. The summed E-state index contributed by atoms with van der Waals surface area (Å²) in [4.78, 5) is 6.70. The van der Waals surface area contributed by atoms with Crippen LogP contribution in [0.1, 0.15) is 30.5 Å². The zero-order chi connectivity index (χ0) is 11.3. The van der Waals surface area contributed by atoms with Crippen molar-refractivity contribution in [3.05, 3.63) is 16.1 Å². The molecule has 0 aliphatic rings. The zero-order valence-corrected chi connectivity index (χ0v) is 10.7. The highest BCUT2D eigenvalue weighted by Gasteiger charge is 2.07. The minimum absolute atomic E-state index is 0.268. The number of nitrogens with two attached hydrogens (primary N) is 1. The number of hydrogen-bond donors (Lipinski definition) is 1. The molecular weight excluding hydrogens is 206 g/mol. The van der Waals surface area contributed by atoms with Crippen LogP contribution in [0.2, 0.25) is 0 Å². The molecule has 1 heterocycles. The molecule has 0 fully saturated rings. The van der Waals surface area contributed by atoms with E-state index in [1.807, 2.05) is 0 Å². The molecule has 0 aliphatic carbocycles. The molecule has 1 aromatic heterocycles. The normalized spacial score (nSPS) is 13.4. The molecule has 15 heavy (non-hydrogen) atoms. The highest BCUT2D eigenvalue weighted by molar-refractivity contribution is 7.09. The number of thiazole rings is 1. The number of hydrogen-bond acceptors (Lipinski definition) is 4. The van der Waals surface area contributed by atoms with Crippen LogP contribution in [-0.2, 0) is 13.0 Å². The van der Waals surface area contributed by atoms with E-state index in [1.165, 1.54) is 5.01 Å². The summed E-state index contributed by atoms with van der Waals surface area (Å²) in [6, 6.07) is 0.268. The van der Waals surface area contributed by atoms with Crippen molar-refractivity contribution >= 4 is 11.3 Å². The number of rotatable bonds is 6. The Balaban J connectivity index is 2.45. The van der Waals surface area contributed by atoms with Crippen LogP contribution in [0.4, 0.5) is 0 Å². The summed E-state index contributed by atoms with van der Waals surface area (Å²) in [5, 5.41) is 3.31. The third-order valence-corrected chi connectivity index (χ3v) is 3.06. The summed E-state index contributed by atoms with van der Waals surface area (Å²) < 4.78 is 0. The Kier molecular flexibility index (Phi) is 5.22. The molecule has 0 bridgehead atoms. The van der Waals surface area contributed by atoms with Gasteiger partial charge in [-0.2, -0.15) is 0 Å². The van der Waals surface area contributed by atoms with Crippen molar-refractivity contribution in [2.45, 2.75) is 38.8 Å². The van der Waals surface area contributed by atoms with Gasteiger partial charge in [0, 0.05) is 24.4 Å². The van der Waals surface area contributed by atoms with Gasteiger partial charge in [0.25, 0.3) is 0 Å². The van der Waals surface area contributed by atoms with E-state index in [9.17, 15) is 0 Å². The second-order valence-corrected chi connectivity index (χ2v) is 5.17. The first-order valence-corrected chi connectivity index (χ1v) is 6.33. The van der Waals surface area contributed by atoms with Crippen molar-refractivity contribution < 1.29 is 0 Å². The standard InChI is InChI=1S/C11H21N3S/c1-4-5-9(12)6-10-8-15-11(13-10)7-14(2)3/h8-9H,4-7,12H2,1-3H3. The van der Waals surface area contributed by atoms with E-state index in [-0.39, 0.29) is 6.04 Å². The molecule has 0 amide bonds. The van der Waals surface area contributed by atoms with Crippen LogP contribution in [0.5, 0.6) is 0 Å². The maximum Gasteiger partial charge on any atom is 0.107 e. The molecule has 86 valence electrons. The van der Waals surface area contributed by atoms with Crippen molar-refractivity contribution in [1.29, 1.82) is 0 Å². The summed E-state index contributed by atoms with van der Waals surface area (Å²) in [6.45, 7) is 3.09. The largest absolute Gasteiger partial charge is 0.327 e. The summed E-state index contributed by atoms with van der Waals surface area (Å²) in [7, 11) is 4.12. The lowest BCUT2D eigenvalue weighted by Crippen LogP contribution is -2.22. The lowest BCUT2D eigenvalue weighted by Gasteiger charge is -2.07. The maximum atomic E-state index is 5.98. The minimum atomic E-state index is 0.268. The Morgan fingerprint density at radius 2 is 2.27 bits per heavy atom. The van der Waals surface area contributed by atoms with Crippen LogP contribution in [0, 0.1) is 0 Å². The van der Waals surface area contributed by atoms with E-state index in [4.69, 9.17) is 5.73 Å². The van der Waals surface area contributed by atoms with Crippen molar-refractivity contribution in [3.63, 3.8) is 0 Å². The average molecular weight is 227 g/mol. The zero-order valence-electron chi connectivity index (χ0n) is 9.86. The van der Waals surface area contributed by atoms with Crippen molar-refractivity contribution in [2.75, 3.05) is 14.1 Å². The van der Waals surface area contributed by atoms with E-state index in [0.29, 0.717) is 0 Å². The maximum absolute atomic E-state index is 5.98. The molecule has 4 heteroatoms. The van der Waals surface area contributed by atoms with Gasteiger partial charge in [-0.1, -0.05) is 13.3 Å². The monoisotopic (exact) mass is 227 g/mol. The fraction of sp³-hybridized carbons (Fsp3) is 0.727. The van der Waals surface area contributed by atoms with E-state index >= 15 is 0 Å². The quantitative estimate of drug-likeness (QED) is 0.807. The molecule has 1 aromatic rings. The van der Waals surface area contributed by atoms with E-state index in [1.54, 1.807) is 11.3 Å². The topological polar surface area (TPSA) is 42.1 Å². The second kappa shape index (κ2) is 6.20. The van der Waals surface area contributed by atoms with Gasteiger partial charge in [0.2, 0.25) is 0 Å². The summed E-state index contributed by atoms with van der Waals surface area (Å²) in [5.74, 6) is 0. The highest BCUT2D eigenvalue weighted by Crippen LogP contribution is 2.13. The van der Waals surface area contributed by atoms with Gasteiger partial charge in [-0.3, -0.25) is 0 Å². The third-order valence-electron chi connectivity index (χ3n) is 2.18. The van der Waals surface area contributed by atoms with Gasteiger partial charge >= 0.3 is 0 Å². The molecule has 2 N–H and O–H groups in total. The van der Waals surface area contributed by atoms with Crippen LogP contribution in [0.15, 0.2) is 5.38 Å². The SMILES string of the molecule is CCCC(N)Cc1csc(CN(C)C)n1. The van der Waals surface area contributed by atoms with E-state index in [2.05, 4.69) is 36.3 Å². The predicted octanol–water partition coefficient (Wildman–Crippen LogP) is 1.87. The number of nitrogens with zero attached hydrogens (tertiary/aromatic N) is 2. The first-order chi connectivity index (χ1) is 7.11. The Bertz CT molecular complexity index is 283. The Morgan fingerprint density at radius 3 is 2.87 bits per heavy atom. The first-order valence-electron chi connectivity index (χ1n) is 5.45. The second-order valence-electron chi connectivity index (χ2n) is 4.22. The van der Waals surface area contributed by atoms with Gasteiger partial charge in [-0.05, 0) is 20.5 Å².